The number of carbonyl (C=O) groups is 1. The number of benzene rings is 1. The predicted molar refractivity (Wildman–Crippen MR) is 147 cm³/mol. The molecule has 5 aliphatic carbocycles. The maximum atomic E-state index is 12.2. The molecule has 4 heteroatoms. The van der Waals surface area contributed by atoms with Crippen molar-refractivity contribution in [3.63, 3.8) is 0 Å². The number of aliphatic hydroxyl groups is 1. The molecule has 1 aromatic carbocycles. The van der Waals surface area contributed by atoms with Gasteiger partial charge in [-0.05, 0) is 118 Å². The topological polar surface area (TPSA) is 58.6 Å². The molecular formula is C33H49NO3. The maximum Gasteiger partial charge on any atom is 0.133 e. The molecule has 1 aromatic rings. The molecule has 0 spiro atoms. The van der Waals surface area contributed by atoms with Gasteiger partial charge in [-0.2, -0.15) is 0 Å². The van der Waals surface area contributed by atoms with Crippen molar-refractivity contribution < 1.29 is 14.6 Å². The van der Waals surface area contributed by atoms with Crippen LogP contribution >= 0.6 is 0 Å². The number of hydrogen-bond acceptors (Lipinski definition) is 4. The maximum absolute atomic E-state index is 12.2. The second-order valence-corrected chi connectivity index (χ2v) is 13.8. The Hall–Kier alpha value is -1.39. The Bertz CT molecular complexity index is 972. The van der Waals surface area contributed by atoms with Crippen LogP contribution in [0.1, 0.15) is 115 Å². The molecule has 0 radical (unpaired) electrons. The third kappa shape index (κ3) is 4.69. The summed E-state index contributed by atoms with van der Waals surface area (Å²) >= 11 is 0. The van der Waals surface area contributed by atoms with Gasteiger partial charge in [0.2, 0.25) is 0 Å². The van der Waals surface area contributed by atoms with Crippen LogP contribution in [0.3, 0.4) is 0 Å². The lowest BCUT2D eigenvalue weighted by Crippen LogP contribution is -2.55. The highest BCUT2D eigenvalue weighted by Gasteiger charge is 2.61. The number of fused-ring (bicyclic) bond motifs is 5. The number of hydrogen-bond donors (Lipinski definition) is 2. The second kappa shape index (κ2) is 10.3. The quantitative estimate of drug-likeness (QED) is 0.417. The summed E-state index contributed by atoms with van der Waals surface area (Å²) in [5.74, 6) is 4.11. The fourth-order valence-corrected chi connectivity index (χ4v) is 10.1. The van der Waals surface area contributed by atoms with E-state index in [0.29, 0.717) is 47.6 Å². The molecule has 5 unspecified atom stereocenters. The van der Waals surface area contributed by atoms with Crippen molar-refractivity contribution in [2.75, 3.05) is 6.61 Å². The molecule has 0 aromatic heterocycles. The highest BCUT2D eigenvalue weighted by Crippen LogP contribution is 2.66. The van der Waals surface area contributed by atoms with Gasteiger partial charge in [0.25, 0.3) is 0 Å². The second-order valence-electron chi connectivity index (χ2n) is 13.8. The molecule has 37 heavy (non-hydrogen) atoms. The van der Waals surface area contributed by atoms with Crippen molar-refractivity contribution in [1.29, 1.82) is 0 Å². The Labute approximate surface area is 224 Å². The fraction of sp³-hybridized carbons (Fsp3) is 0.788. The van der Waals surface area contributed by atoms with Crippen LogP contribution in [0.25, 0.3) is 0 Å². The van der Waals surface area contributed by atoms with Gasteiger partial charge in [-0.3, -0.25) is 4.79 Å². The molecule has 8 atom stereocenters. The zero-order chi connectivity index (χ0) is 25.6. The number of rotatable bonds is 7. The van der Waals surface area contributed by atoms with Crippen LogP contribution < -0.4 is 10.1 Å². The van der Waals surface area contributed by atoms with Gasteiger partial charge in [0.1, 0.15) is 11.5 Å². The van der Waals surface area contributed by atoms with Crippen LogP contribution in [0, 0.1) is 34.5 Å². The van der Waals surface area contributed by atoms with E-state index in [2.05, 4.69) is 43.4 Å². The molecule has 0 amide bonds. The van der Waals surface area contributed by atoms with E-state index in [1.165, 1.54) is 56.9 Å². The molecule has 5 saturated carbocycles. The van der Waals surface area contributed by atoms with Crippen molar-refractivity contribution in [2.24, 2.45) is 34.5 Å². The Morgan fingerprint density at radius 2 is 1.89 bits per heavy atom. The third-order valence-corrected chi connectivity index (χ3v) is 12.2. The van der Waals surface area contributed by atoms with E-state index in [9.17, 15) is 9.90 Å². The van der Waals surface area contributed by atoms with Crippen molar-refractivity contribution in [3.8, 4) is 5.75 Å². The van der Waals surface area contributed by atoms with Crippen LogP contribution in [0.2, 0.25) is 0 Å². The van der Waals surface area contributed by atoms with Crippen molar-refractivity contribution in [2.45, 2.75) is 122 Å². The van der Waals surface area contributed by atoms with E-state index in [1.54, 1.807) is 0 Å². The average molecular weight is 508 g/mol. The largest absolute Gasteiger partial charge is 0.494 e. The van der Waals surface area contributed by atoms with Crippen LogP contribution in [0.5, 0.6) is 5.75 Å². The van der Waals surface area contributed by atoms with Gasteiger partial charge in [-0.1, -0.05) is 31.9 Å². The fourth-order valence-electron chi connectivity index (χ4n) is 10.1. The molecule has 5 fully saturated rings. The van der Waals surface area contributed by atoms with E-state index >= 15 is 0 Å². The summed E-state index contributed by atoms with van der Waals surface area (Å²) in [6.07, 6.45) is 15.7. The Kier molecular flexibility index (Phi) is 7.20. The van der Waals surface area contributed by atoms with E-state index in [1.807, 2.05) is 0 Å². The van der Waals surface area contributed by atoms with Gasteiger partial charge in [0, 0.05) is 30.3 Å². The Morgan fingerprint density at radius 3 is 2.73 bits per heavy atom. The van der Waals surface area contributed by atoms with Crippen molar-refractivity contribution in [3.05, 3.63) is 29.8 Å². The first-order valence-electron chi connectivity index (χ1n) is 15.6. The van der Waals surface area contributed by atoms with Crippen LogP contribution in [-0.2, 0) is 4.79 Å². The highest BCUT2D eigenvalue weighted by molar-refractivity contribution is 5.79. The van der Waals surface area contributed by atoms with E-state index in [4.69, 9.17) is 4.74 Å². The number of ketones is 1. The SMILES string of the molecule is CC(NC1CCCC1)c1cccc(OCC[C@]23CCC4C(CCC5CC(=O)CC[C@@]54C)C2CC[C@@H]3O)c1. The first kappa shape index (κ1) is 25.9. The Balaban J connectivity index is 1.11. The van der Waals surface area contributed by atoms with Gasteiger partial charge in [-0.25, -0.2) is 0 Å². The molecule has 0 bridgehead atoms. The summed E-state index contributed by atoms with van der Waals surface area (Å²) in [7, 11) is 0. The standard InChI is InChI=1S/C33H49NO3/c1-22(34-25-7-3-4-8-25)23-6-5-9-27(20-23)37-19-18-33-17-15-29-28(30(33)12-13-31(33)36)11-10-24-21-26(35)14-16-32(24,29)2/h5-6,9,20,22,24-25,28-31,34,36H,3-4,7-8,10-19,21H2,1-2H3/t22?,24?,28?,29?,30?,31-,32-,33+/m0/s1. The first-order chi connectivity index (χ1) is 17.9. The minimum atomic E-state index is -0.192. The van der Waals surface area contributed by atoms with Crippen molar-refractivity contribution >= 4 is 5.78 Å². The molecule has 2 N–H and O–H groups in total. The smallest absolute Gasteiger partial charge is 0.133 e. The zero-order valence-corrected chi connectivity index (χ0v) is 23.2. The van der Waals surface area contributed by atoms with Gasteiger partial charge < -0.3 is 15.2 Å². The van der Waals surface area contributed by atoms with Crippen LogP contribution in [-0.4, -0.2) is 29.6 Å². The molecule has 0 saturated heterocycles. The lowest BCUT2D eigenvalue weighted by atomic mass is 9.44. The molecule has 4 nitrogen and oxygen atoms in total. The number of ether oxygens (including phenoxy) is 1. The zero-order valence-electron chi connectivity index (χ0n) is 23.2. The van der Waals surface area contributed by atoms with E-state index < -0.39 is 0 Å². The monoisotopic (exact) mass is 507 g/mol. The van der Waals surface area contributed by atoms with Crippen molar-refractivity contribution in [1.82, 2.24) is 5.32 Å². The number of aliphatic hydroxyl groups excluding tert-OH is 1. The summed E-state index contributed by atoms with van der Waals surface area (Å²) in [5.41, 5.74) is 1.65. The molecule has 204 valence electrons. The summed E-state index contributed by atoms with van der Waals surface area (Å²) in [5, 5.41) is 15.1. The molecular weight excluding hydrogens is 458 g/mol. The highest BCUT2D eigenvalue weighted by atomic mass is 16.5. The molecule has 6 rings (SSSR count). The number of Topliss-reactive ketones (excluding diaryl/α,β-unsaturated/α-hetero) is 1. The van der Waals surface area contributed by atoms with E-state index in [-0.39, 0.29) is 11.5 Å². The normalized spacial score (nSPS) is 40.6. The number of nitrogens with one attached hydrogen (secondary N) is 1. The van der Waals surface area contributed by atoms with Gasteiger partial charge >= 0.3 is 0 Å². The molecule has 5 aliphatic rings. The third-order valence-electron chi connectivity index (χ3n) is 12.2. The first-order valence-corrected chi connectivity index (χ1v) is 15.6. The summed E-state index contributed by atoms with van der Waals surface area (Å²) in [4.78, 5) is 12.2. The van der Waals surface area contributed by atoms with Gasteiger partial charge in [0.05, 0.1) is 12.7 Å². The molecule has 0 aliphatic heterocycles. The number of carbonyl (C=O) groups excluding carboxylic acids is 1. The average Bonchev–Trinajstić information content (AvgIpc) is 3.52. The van der Waals surface area contributed by atoms with Gasteiger partial charge in [-0.15, -0.1) is 0 Å². The lowest BCUT2D eigenvalue weighted by Gasteiger charge is -2.60. The summed E-state index contributed by atoms with van der Waals surface area (Å²) < 4.78 is 6.40. The summed E-state index contributed by atoms with van der Waals surface area (Å²) in [6, 6.07) is 9.65. The van der Waals surface area contributed by atoms with Crippen LogP contribution in [0.15, 0.2) is 24.3 Å². The summed E-state index contributed by atoms with van der Waals surface area (Å²) in [6.45, 7) is 5.47. The van der Waals surface area contributed by atoms with Crippen LogP contribution in [0.4, 0.5) is 0 Å². The van der Waals surface area contributed by atoms with E-state index in [0.717, 1.165) is 50.2 Å². The Morgan fingerprint density at radius 1 is 1.05 bits per heavy atom. The minimum absolute atomic E-state index is 0.0176. The van der Waals surface area contributed by atoms with Gasteiger partial charge in [0.15, 0.2) is 0 Å². The molecule has 0 heterocycles. The minimum Gasteiger partial charge on any atom is -0.494 e. The predicted octanol–water partition coefficient (Wildman–Crippen LogP) is 7.00. The lowest BCUT2D eigenvalue weighted by molar-refractivity contribution is -0.145.